The molecule has 4 rings (SSSR count). The zero-order valence-corrected chi connectivity index (χ0v) is 16.8. The first kappa shape index (κ1) is 17.9. The minimum absolute atomic E-state index is 0.112. The number of fused-ring (bicyclic) bond motifs is 1. The smallest absolute Gasteiger partial charge is 0.257 e. The second kappa shape index (κ2) is 6.61. The third-order valence-electron chi connectivity index (χ3n) is 4.42. The molecule has 0 bridgehead atoms. The molecule has 3 aromatic rings. The van der Waals surface area contributed by atoms with Crippen LogP contribution >= 0.6 is 15.9 Å². The highest BCUT2D eigenvalue weighted by Crippen LogP contribution is 2.33. The molecule has 0 fully saturated rings. The molecular formula is C19H16BrN3O3S. The van der Waals surface area contributed by atoms with Gasteiger partial charge >= 0.3 is 0 Å². The van der Waals surface area contributed by atoms with Gasteiger partial charge in [0.05, 0.1) is 28.5 Å². The van der Waals surface area contributed by atoms with E-state index in [-0.39, 0.29) is 17.4 Å². The van der Waals surface area contributed by atoms with Crippen LogP contribution in [0.3, 0.4) is 0 Å². The summed E-state index contributed by atoms with van der Waals surface area (Å²) in [5, 5.41) is 7.33. The Morgan fingerprint density at radius 1 is 1.11 bits per heavy atom. The third-order valence-corrected chi connectivity index (χ3v) is 6.55. The van der Waals surface area contributed by atoms with E-state index in [2.05, 4.69) is 26.3 Å². The quantitative estimate of drug-likeness (QED) is 0.667. The van der Waals surface area contributed by atoms with Gasteiger partial charge in [0.15, 0.2) is 9.84 Å². The number of halogens is 1. The van der Waals surface area contributed by atoms with Crippen LogP contribution in [0, 0.1) is 6.92 Å². The molecule has 0 unspecified atom stereocenters. The molecule has 0 atom stereocenters. The SMILES string of the molecule is Cc1ccc(-n2nc3c(c2NC(=O)c2ccccc2Br)CS(=O)(=O)C3)cc1. The Bertz CT molecular complexity index is 1150. The van der Waals surface area contributed by atoms with E-state index in [0.717, 1.165) is 11.3 Å². The van der Waals surface area contributed by atoms with Crippen LogP contribution in [0.4, 0.5) is 5.82 Å². The maximum Gasteiger partial charge on any atom is 0.257 e. The number of anilines is 1. The lowest BCUT2D eigenvalue weighted by molar-refractivity contribution is 0.102. The van der Waals surface area contributed by atoms with E-state index in [1.807, 2.05) is 37.3 Å². The van der Waals surface area contributed by atoms with E-state index in [1.54, 1.807) is 22.9 Å². The van der Waals surface area contributed by atoms with Gasteiger partial charge in [0.1, 0.15) is 5.82 Å². The Hall–Kier alpha value is -2.45. The molecule has 2 aromatic carbocycles. The number of hydrogen-bond acceptors (Lipinski definition) is 4. The predicted octanol–water partition coefficient (Wildman–Crippen LogP) is 3.62. The molecule has 8 heteroatoms. The van der Waals surface area contributed by atoms with Crippen LogP contribution in [0.1, 0.15) is 27.2 Å². The fraction of sp³-hybridized carbons (Fsp3) is 0.158. The molecule has 1 aliphatic heterocycles. The van der Waals surface area contributed by atoms with E-state index < -0.39 is 9.84 Å². The second-order valence-electron chi connectivity index (χ2n) is 6.49. The van der Waals surface area contributed by atoms with E-state index in [1.165, 1.54) is 0 Å². The van der Waals surface area contributed by atoms with Crippen molar-refractivity contribution in [2.45, 2.75) is 18.4 Å². The average Bonchev–Trinajstić information content (AvgIpc) is 3.09. The lowest BCUT2D eigenvalue weighted by Crippen LogP contribution is -2.17. The van der Waals surface area contributed by atoms with Gasteiger partial charge in [-0.25, -0.2) is 13.1 Å². The van der Waals surface area contributed by atoms with Crippen molar-refractivity contribution in [3.05, 3.63) is 75.4 Å². The van der Waals surface area contributed by atoms with Crippen molar-refractivity contribution in [1.82, 2.24) is 9.78 Å². The topological polar surface area (TPSA) is 81.1 Å². The number of sulfone groups is 1. The van der Waals surface area contributed by atoms with Crippen molar-refractivity contribution < 1.29 is 13.2 Å². The molecule has 1 aromatic heterocycles. The zero-order valence-electron chi connectivity index (χ0n) is 14.4. The highest BCUT2D eigenvalue weighted by molar-refractivity contribution is 9.10. The molecule has 0 saturated heterocycles. The van der Waals surface area contributed by atoms with Gasteiger partial charge in [0, 0.05) is 10.0 Å². The van der Waals surface area contributed by atoms with Crippen molar-refractivity contribution >= 4 is 37.5 Å². The number of benzene rings is 2. The summed E-state index contributed by atoms with van der Waals surface area (Å²) in [6, 6.07) is 14.7. The summed E-state index contributed by atoms with van der Waals surface area (Å²) in [7, 11) is -3.24. The maximum atomic E-state index is 12.8. The molecule has 2 heterocycles. The van der Waals surface area contributed by atoms with Gasteiger partial charge < -0.3 is 5.32 Å². The van der Waals surface area contributed by atoms with Gasteiger partial charge in [0.2, 0.25) is 0 Å². The number of nitrogens with zero attached hydrogens (tertiary/aromatic N) is 2. The molecule has 1 N–H and O–H groups in total. The number of carbonyl (C=O) groups is 1. The van der Waals surface area contributed by atoms with E-state index in [0.29, 0.717) is 27.1 Å². The van der Waals surface area contributed by atoms with Crippen LogP contribution in [0.15, 0.2) is 53.0 Å². The van der Waals surface area contributed by atoms with E-state index in [4.69, 9.17) is 0 Å². The summed E-state index contributed by atoms with van der Waals surface area (Å²) in [5.74, 6) is -0.169. The molecule has 1 amide bonds. The summed E-state index contributed by atoms with van der Waals surface area (Å²) in [5.41, 5.74) is 3.35. The predicted molar refractivity (Wildman–Crippen MR) is 107 cm³/mol. The van der Waals surface area contributed by atoms with Crippen LogP contribution in [-0.2, 0) is 21.3 Å². The molecule has 6 nitrogen and oxygen atoms in total. The molecule has 0 spiro atoms. The fourth-order valence-corrected chi connectivity index (χ4v) is 5.02. The van der Waals surface area contributed by atoms with Gasteiger partial charge in [-0.2, -0.15) is 5.10 Å². The van der Waals surface area contributed by atoms with Crippen LogP contribution in [0.5, 0.6) is 0 Å². The van der Waals surface area contributed by atoms with Gasteiger partial charge in [-0.1, -0.05) is 29.8 Å². The Morgan fingerprint density at radius 2 is 1.81 bits per heavy atom. The molecule has 0 aliphatic carbocycles. The third kappa shape index (κ3) is 3.42. The first-order chi connectivity index (χ1) is 12.8. The summed E-state index contributed by atoms with van der Waals surface area (Å²) in [4.78, 5) is 12.8. The normalized spacial score (nSPS) is 14.7. The van der Waals surface area contributed by atoms with Crippen molar-refractivity contribution in [1.29, 1.82) is 0 Å². The first-order valence-electron chi connectivity index (χ1n) is 8.28. The van der Waals surface area contributed by atoms with Crippen LogP contribution in [0.2, 0.25) is 0 Å². The lowest BCUT2D eigenvalue weighted by Gasteiger charge is -2.12. The summed E-state index contributed by atoms with van der Waals surface area (Å²) in [6.07, 6.45) is 0. The Kier molecular flexibility index (Phi) is 4.39. The molecule has 138 valence electrons. The number of carbonyl (C=O) groups excluding carboxylic acids is 1. The van der Waals surface area contributed by atoms with Crippen molar-refractivity contribution in [2.75, 3.05) is 5.32 Å². The first-order valence-corrected chi connectivity index (χ1v) is 10.9. The van der Waals surface area contributed by atoms with E-state index in [9.17, 15) is 13.2 Å². The fourth-order valence-electron chi connectivity index (χ4n) is 3.06. The van der Waals surface area contributed by atoms with Gasteiger partial charge in [-0.05, 0) is 47.1 Å². The number of hydrogen-bond donors (Lipinski definition) is 1. The summed E-state index contributed by atoms with van der Waals surface area (Å²) in [6.45, 7) is 1.98. The highest BCUT2D eigenvalue weighted by atomic mass is 79.9. The Labute approximate surface area is 165 Å². The van der Waals surface area contributed by atoms with Crippen molar-refractivity contribution in [3.8, 4) is 5.69 Å². The molecule has 0 radical (unpaired) electrons. The minimum Gasteiger partial charge on any atom is -0.306 e. The lowest BCUT2D eigenvalue weighted by atomic mass is 10.2. The van der Waals surface area contributed by atoms with Crippen LogP contribution in [-0.4, -0.2) is 24.1 Å². The maximum absolute atomic E-state index is 12.8. The summed E-state index contributed by atoms with van der Waals surface area (Å²) >= 11 is 3.37. The largest absolute Gasteiger partial charge is 0.306 e. The number of aryl methyl sites for hydroxylation is 1. The monoisotopic (exact) mass is 445 g/mol. The van der Waals surface area contributed by atoms with Gasteiger partial charge in [-0.15, -0.1) is 0 Å². The van der Waals surface area contributed by atoms with E-state index >= 15 is 0 Å². The van der Waals surface area contributed by atoms with Gasteiger partial charge in [-0.3, -0.25) is 4.79 Å². The standard InChI is InChI=1S/C19H16BrN3O3S/c1-12-6-8-13(9-7-12)23-18(15-10-27(25,26)11-17(15)22-23)21-19(24)14-4-2-3-5-16(14)20/h2-9H,10-11H2,1H3,(H,21,24). The minimum atomic E-state index is -3.24. The molecule has 0 saturated carbocycles. The Morgan fingerprint density at radius 3 is 2.52 bits per heavy atom. The van der Waals surface area contributed by atoms with Crippen molar-refractivity contribution in [2.24, 2.45) is 0 Å². The van der Waals surface area contributed by atoms with Crippen LogP contribution in [0.25, 0.3) is 5.69 Å². The zero-order chi connectivity index (χ0) is 19.2. The molecule has 27 heavy (non-hydrogen) atoms. The average molecular weight is 446 g/mol. The highest BCUT2D eigenvalue weighted by Gasteiger charge is 2.33. The summed E-state index contributed by atoms with van der Waals surface area (Å²) < 4.78 is 26.3. The van der Waals surface area contributed by atoms with Gasteiger partial charge in [0.25, 0.3) is 5.91 Å². The van der Waals surface area contributed by atoms with Crippen molar-refractivity contribution in [3.63, 3.8) is 0 Å². The number of nitrogens with one attached hydrogen (secondary N) is 1. The number of aromatic nitrogens is 2. The number of amides is 1. The van der Waals surface area contributed by atoms with Crippen LogP contribution < -0.4 is 5.32 Å². The Balaban J connectivity index is 1.80. The molecular weight excluding hydrogens is 430 g/mol. The molecule has 1 aliphatic rings. The second-order valence-corrected chi connectivity index (χ2v) is 9.41. The number of rotatable bonds is 3.